The van der Waals surface area contributed by atoms with Gasteiger partial charge in [-0.3, -0.25) is 4.79 Å². The monoisotopic (exact) mass is 294 g/mol. The first-order valence-corrected chi connectivity index (χ1v) is 7.60. The van der Waals surface area contributed by atoms with Crippen molar-refractivity contribution in [3.8, 4) is 0 Å². The maximum atomic E-state index is 11.9. The van der Waals surface area contributed by atoms with Crippen molar-refractivity contribution in [1.82, 2.24) is 10.3 Å². The van der Waals surface area contributed by atoms with Crippen molar-refractivity contribution in [2.24, 2.45) is 0 Å². The smallest absolute Gasteiger partial charge is 0.355 e. The number of amides is 1. The summed E-state index contributed by atoms with van der Waals surface area (Å²) in [6, 6.07) is -0.259. The molecule has 1 aliphatic carbocycles. The summed E-state index contributed by atoms with van der Waals surface area (Å²) in [6.45, 7) is 1.82. The Morgan fingerprint density at radius 2 is 2.30 bits per heavy atom. The second-order valence-corrected chi connectivity index (χ2v) is 5.84. The molecule has 1 heterocycles. The van der Waals surface area contributed by atoms with Crippen molar-refractivity contribution in [2.75, 3.05) is 0 Å². The molecule has 0 saturated carbocycles. The maximum Gasteiger partial charge on any atom is 0.355 e. The SMILES string of the molecule is CC(NC(=O)CC1=CCCCC1)c1nc(C(=O)O)cs1. The van der Waals surface area contributed by atoms with E-state index < -0.39 is 5.97 Å². The molecular weight excluding hydrogens is 276 g/mol. The summed E-state index contributed by atoms with van der Waals surface area (Å²) < 4.78 is 0. The second-order valence-electron chi connectivity index (χ2n) is 4.95. The van der Waals surface area contributed by atoms with Crippen LogP contribution in [-0.2, 0) is 4.79 Å². The first-order valence-electron chi connectivity index (χ1n) is 6.72. The summed E-state index contributed by atoms with van der Waals surface area (Å²) in [5.41, 5.74) is 1.23. The fourth-order valence-corrected chi connectivity index (χ4v) is 3.01. The predicted molar refractivity (Wildman–Crippen MR) is 76.8 cm³/mol. The normalized spacial score (nSPS) is 16.4. The van der Waals surface area contributed by atoms with E-state index in [9.17, 15) is 9.59 Å². The van der Waals surface area contributed by atoms with Gasteiger partial charge in [-0.2, -0.15) is 0 Å². The van der Waals surface area contributed by atoms with E-state index in [4.69, 9.17) is 5.11 Å². The Kier molecular flexibility index (Phi) is 4.89. The summed E-state index contributed by atoms with van der Waals surface area (Å²) >= 11 is 1.25. The highest BCUT2D eigenvalue weighted by Gasteiger charge is 2.17. The zero-order chi connectivity index (χ0) is 14.5. The fraction of sp³-hybridized carbons (Fsp3) is 0.500. The summed E-state index contributed by atoms with van der Waals surface area (Å²) in [5, 5.41) is 13.8. The van der Waals surface area contributed by atoms with Crippen LogP contribution < -0.4 is 5.32 Å². The molecule has 0 saturated heterocycles. The second kappa shape index (κ2) is 6.65. The molecule has 0 aromatic carbocycles. The fourth-order valence-electron chi connectivity index (χ4n) is 2.21. The van der Waals surface area contributed by atoms with Gasteiger partial charge in [-0.1, -0.05) is 11.6 Å². The van der Waals surface area contributed by atoms with Gasteiger partial charge in [-0.25, -0.2) is 9.78 Å². The van der Waals surface area contributed by atoms with Gasteiger partial charge >= 0.3 is 5.97 Å². The van der Waals surface area contributed by atoms with Gasteiger partial charge < -0.3 is 10.4 Å². The van der Waals surface area contributed by atoms with E-state index in [1.165, 1.54) is 28.7 Å². The standard InChI is InChI=1S/C14H18N2O3S/c1-9(13-16-11(8-20-13)14(18)19)15-12(17)7-10-5-3-2-4-6-10/h5,8-9H,2-4,6-7H2,1H3,(H,15,17)(H,18,19). The highest BCUT2D eigenvalue weighted by molar-refractivity contribution is 7.09. The molecule has 1 aliphatic rings. The van der Waals surface area contributed by atoms with Crippen LogP contribution in [0, 0.1) is 0 Å². The lowest BCUT2D eigenvalue weighted by molar-refractivity contribution is -0.121. The third kappa shape index (κ3) is 3.90. The number of aromatic carboxylic acids is 1. The molecule has 1 aromatic heterocycles. The molecule has 0 bridgehead atoms. The average Bonchev–Trinajstić information content (AvgIpc) is 2.89. The first kappa shape index (κ1) is 14.7. The Balaban J connectivity index is 1.89. The molecule has 6 heteroatoms. The minimum Gasteiger partial charge on any atom is -0.476 e. The molecule has 2 N–H and O–H groups in total. The van der Waals surface area contributed by atoms with E-state index in [1.807, 2.05) is 6.92 Å². The van der Waals surface area contributed by atoms with Crippen LogP contribution in [0.5, 0.6) is 0 Å². The van der Waals surface area contributed by atoms with Crippen LogP contribution in [-0.4, -0.2) is 22.0 Å². The number of nitrogens with one attached hydrogen (secondary N) is 1. The van der Waals surface area contributed by atoms with E-state index in [2.05, 4.69) is 16.4 Å². The van der Waals surface area contributed by atoms with Gasteiger partial charge in [0.15, 0.2) is 5.69 Å². The summed E-state index contributed by atoms with van der Waals surface area (Å²) in [7, 11) is 0. The molecule has 0 fully saturated rings. The van der Waals surface area contributed by atoms with E-state index >= 15 is 0 Å². The lowest BCUT2D eigenvalue weighted by Gasteiger charge is -2.15. The first-order chi connectivity index (χ1) is 9.56. The number of nitrogens with zero attached hydrogens (tertiary/aromatic N) is 1. The highest BCUT2D eigenvalue weighted by Crippen LogP contribution is 2.21. The Morgan fingerprint density at radius 3 is 2.90 bits per heavy atom. The number of carbonyl (C=O) groups excluding carboxylic acids is 1. The Labute approximate surface area is 121 Å². The molecule has 1 amide bonds. The lowest BCUT2D eigenvalue weighted by Crippen LogP contribution is -2.27. The topological polar surface area (TPSA) is 79.3 Å². The van der Waals surface area contributed by atoms with Crippen molar-refractivity contribution in [2.45, 2.75) is 45.1 Å². The van der Waals surface area contributed by atoms with Crippen molar-refractivity contribution in [3.05, 3.63) is 27.7 Å². The number of rotatable bonds is 5. The number of carboxylic acid groups (broad SMARTS) is 1. The van der Waals surface area contributed by atoms with Gasteiger partial charge in [0.2, 0.25) is 5.91 Å². The van der Waals surface area contributed by atoms with Gasteiger partial charge in [0.05, 0.1) is 6.04 Å². The minimum absolute atomic E-state index is 0.0288. The van der Waals surface area contributed by atoms with Gasteiger partial charge in [-0.15, -0.1) is 11.3 Å². The molecule has 5 nitrogen and oxygen atoms in total. The molecule has 1 aromatic rings. The van der Waals surface area contributed by atoms with E-state index in [0.717, 1.165) is 19.3 Å². The molecule has 0 aliphatic heterocycles. The summed E-state index contributed by atoms with van der Waals surface area (Å²) in [5.74, 6) is -1.07. The molecule has 20 heavy (non-hydrogen) atoms. The van der Waals surface area contributed by atoms with Gasteiger partial charge in [0.1, 0.15) is 5.01 Å². The number of aromatic nitrogens is 1. The van der Waals surface area contributed by atoms with Gasteiger partial charge in [0.25, 0.3) is 0 Å². The van der Waals surface area contributed by atoms with E-state index in [-0.39, 0.29) is 17.6 Å². The van der Waals surface area contributed by atoms with E-state index in [1.54, 1.807) is 0 Å². The minimum atomic E-state index is -1.04. The highest BCUT2D eigenvalue weighted by atomic mass is 32.1. The van der Waals surface area contributed by atoms with Crippen LogP contribution in [0.25, 0.3) is 0 Å². The quantitative estimate of drug-likeness (QED) is 0.818. The van der Waals surface area contributed by atoms with Crippen molar-refractivity contribution < 1.29 is 14.7 Å². The predicted octanol–water partition coefficient (Wildman–Crippen LogP) is 2.91. The molecule has 108 valence electrons. The number of allylic oxidation sites excluding steroid dienone is 1. The number of carbonyl (C=O) groups is 2. The Bertz CT molecular complexity index is 536. The zero-order valence-electron chi connectivity index (χ0n) is 11.4. The third-order valence-electron chi connectivity index (χ3n) is 3.26. The molecule has 2 rings (SSSR count). The number of hydrogen-bond acceptors (Lipinski definition) is 4. The number of carboxylic acids is 1. The van der Waals surface area contributed by atoms with Crippen molar-refractivity contribution in [3.63, 3.8) is 0 Å². The summed E-state index contributed by atoms with van der Waals surface area (Å²) in [6.07, 6.45) is 7.01. The van der Waals surface area contributed by atoms with Crippen LogP contribution >= 0.6 is 11.3 Å². The van der Waals surface area contributed by atoms with Crippen LogP contribution in [0.2, 0.25) is 0 Å². The third-order valence-corrected chi connectivity index (χ3v) is 4.29. The average molecular weight is 294 g/mol. The maximum absolute atomic E-state index is 11.9. The molecule has 1 unspecified atom stereocenters. The number of thiazole rings is 1. The zero-order valence-corrected chi connectivity index (χ0v) is 12.2. The van der Waals surface area contributed by atoms with Gasteiger partial charge in [0, 0.05) is 11.8 Å². The Hall–Kier alpha value is -1.69. The van der Waals surface area contributed by atoms with Crippen LogP contribution in [0.3, 0.4) is 0 Å². The largest absolute Gasteiger partial charge is 0.476 e. The lowest BCUT2D eigenvalue weighted by atomic mass is 9.97. The Morgan fingerprint density at radius 1 is 1.50 bits per heavy atom. The summed E-state index contributed by atoms with van der Waals surface area (Å²) in [4.78, 5) is 26.7. The van der Waals surface area contributed by atoms with Crippen LogP contribution in [0.4, 0.5) is 0 Å². The van der Waals surface area contributed by atoms with Crippen molar-refractivity contribution >= 4 is 23.2 Å². The van der Waals surface area contributed by atoms with E-state index in [0.29, 0.717) is 11.4 Å². The van der Waals surface area contributed by atoms with Crippen LogP contribution in [0.15, 0.2) is 17.0 Å². The van der Waals surface area contributed by atoms with Crippen LogP contribution in [0.1, 0.15) is 60.6 Å². The number of hydrogen-bond donors (Lipinski definition) is 2. The van der Waals surface area contributed by atoms with Gasteiger partial charge in [-0.05, 0) is 32.6 Å². The molecule has 1 atom stereocenters. The molecule has 0 spiro atoms. The van der Waals surface area contributed by atoms with Crippen molar-refractivity contribution in [1.29, 1.82) is 0 Å². The molecular formula is C14H18N2O3S. The molecule has 0 radical (unpaired) electrons.